The fourth-order valence-corrected chi connectivity index (χ4v) is 1.78. The van der Waals surface area contributed by atoms with E-state index in [9.17, 15) is 0 Å². The van der Waals surface area contributed by atoms with Gasteiger partial charge in [-0.2, -0.15) is 0 Å². The maximum Gasteiger partial charge on any atom is 0.119 e. The van der Waals surface area contributed by atoms with Crippen LogP contribution in [0.3, 0.4) is 0 Å². The van der Waals surface area contributed by atoms with E-state index in [-0.39, 0.29) is 5.72 Å². The average Bonchev–Trinajstić information content (AvgIpc) is 1.85. The summed E-state index contributed by atoms with van der Waals surface area (Å²) in [6.07, 6.45) is 5.41. The zero-order valence-electron chi connectivity index (χ0n) is 6.52. The van der Waals surface area contributed by atoms with E-state index in [4.69, 9.17) is 4.74 Å². The van der Waals surface area contributed by atoms with Gasteiger partial charge in [-0.15, -0.1) is 0 Å². The lowest BCUT2D eigenvalue weighted by atomic mass is 9.86. The van der Waals surface area contributed by atoms with Crippen LogP contribution >= 0.6 is 0 Å². The van der Waals surface area contributed by atoms with Gasteiger partial charge in [-0.3, -0.25) is 5.32 Å². The van der Waals surface area contributed by atoms with Crippen LogP contribution in [0.5, 0.6) is 0 Å². The van der Waals surface area contributed by atoms with Gasteiger partial charge in [0.2, 0.25) is 0 Å². The summed E-state index contributed by atoms with van der Waals surface area (Å²) in [5.41, 5.74) is 0.123. The Balaban J connectivity index is 1.96. The van der Waals surface area contributed by atoms with Gasteiger partial charge >= 0.3 is 0 Å². The van der Waals surface area contributed by atoms with Crippen LogP contribution < -0.4 is 5.32 Å². The van der Waals surface area contributed by atoms with E-state index in [1.54, 1.807) is 0 Å². The van der Waals surface area contributed by atoms with Crippen LogP contribution in [-0.2, 0) is 4.74 Å². The number of ether oxygens (including phenoxy) is 1. The second-order valence-electron chi connectivity index (χ2n) is 3.49. The Hall–Kier alpha value is -0.0800. The molecule has 0 aromatic carbocycles. The molecule has 0 amide bonds. The van der Waals surface area contributed by atoms with E-state index in [0.29, 0.717) is 6.10 Å². The number of hydrogen-bond acceptors (Lipinski definition) is 2. The molecule has 1 saturated heterocycles. The Labute approximate surface area is 61.9 Å². The summed E-state index contributed by atoms with van der Waals surface area (Å²) in [6.45, 7) is 3.31. The molecule has 10 heavy (non-hydrogen) atoms. The van der Waals surface area contributed by atoms with E-state index >= 15 is 0 Å². The molecule has 2 nitrogen and oxygen atoms in total. The molecule has 1 aliphatic heterocycles. The number of rotatable bonds is 0. The standard InChI is InChI=1S/C8H15NO/c1-7-3-6-9-8(10-7)4-2-5-8/h7,9H,2-6H2,1H3. The molecular formula is C8H15NO. The molecule has 0 aromatic rings. The molecule has 1 heterocycles. The Bertz CT molecular complexity index is 131. The Morgan fingerprint density at radius 2 is 2.30 bits per heavy atom. The summed E-state index contributed by atoms with van der Waals surface area (Å²) in [5, 5.41) is 3.44. The highest BCUT2D eigenvalue weighted by Gasteiger charge is 2.40. The molecule has 1 unspecified atom stereocenters. The summed E-state index contributed by atoms with van der Waals surface area (Å²) in [4.78, 5) is 0. The zero-order valence-corrected chi connectivity index (χ0v) is 6.52. The van der Waals surface area contributed by atoms with Crippen LogP contribution in [0.2, 0.25) is 0 Å². The highest BCUT2D eigenvalue weighted by atomic mass is 16.5. The van der Waals surface area contributed by atoms with Gasteiger partial charge < -0.3 is 4.74 Å². The van der Waals surface area contributed by atoms with Crippen molar-refractivity contribution >= 4 is 0 Å². The van der Waals surface area contributed by atoms with Crippen molar-refractivity contribution in [2.75, 3.05) is 6.54 Å². The smallest absolute Gasteiger partial charge is 0.119 e. The third-order valence-corrected chi connectivity index (χ3v) is 2.59. The van der Waals surface area contributed by atoms with Gasteiger partial charge in [-0.1, -0.05) is 0 Å². The Morgan fingerprint density at radius 3 is 2.70 bits per heavy atom. The van der Waals surface area contributed by atoms with E-state index in [2.05, 4.69) is 12.2 Å². The van der Waals surface area contributed by atoms with Crippen molar-refractivity contribution in [1.82, 2.24) is 5.32 Å². The lowest BCUT2D eigenvalue weighted by molar-refractivity contribution is -0.177. The second-order valence-corrected chi connectivity index (χ2v) is 3.49. The normalized spacial score (nSPS) is 37.5. The van der Waals surface area contributed by atoms with Gasteiger partial charge in [0, 0.05) is 6.54 Å². The van der Waals surface area contributed by atoms with Crippen molar-refractivity contribution in [3.63, 3.8) is 0 Å². The first-order valence-electron chi connectivity index (χ1n) is 4.24. The summed E-state index contributed by atoms with van der Waals surface area (Å²) in [6, 6.07) is 0. The van der Waals surface area contributed by atoms with Crippen LogP contribution in [0.1, 0.15) is 32.6 Å². The number of nitrogens with one attached hydrogen (secondary N) is 1. The molecule has 1 N–H and O–H groups in total. The zero-order chi connectivity index (χ0) is 7.03. The maximum absolute atomic E-state index is 5.80. The second kappa shape index (κ2) is 2.21. The molecule has 1 atom stereocenters. The molecule has 0 aromatic heterocycles. The molecule has 1 spiro atoms. The van der Waals surface area contributed by atoms with Gasteiger partial charge in [0.05, 0.1) is 6.10 Å². The highest BCUT2D eigenvalue weighted by Crippen LogP contribution is 2.36. The predicted octanol–water partition coefficient (Wildman–Crippen LogP) is 1.27. The van der Waals surface area contributed by atoms with Gasteiger partial charge in [0.1, 0.15) is 5.72 Å². The molecule has 58 valence electrons. The van der Waals surface area contributed by atoms with Crippen LogP contribution in [0, 0.1) is 0 Å². The van der Waals surface area contributed by atoms with Crippen LogP contribution in [0.25, 0.3) is 0 Å². The topological polar surface area (TPSA) is 21.3 Å². The first-order chi connectivity index (χ1) is 4.81. The van der Waals surface area contributed by atoms with Gasteiger partial charge in [-0.25, -0.2) is 0 Å². The lowest BCUT2D eigenvalue weighted by Crippen LogP contribution is -2.58. The third-order valence-electron chi connectivity index (χ3n) is 2.59. The average molecular weight is 141 g/mol. The molecular weight excluding hydrogens is 126 g/mol. The van der Waals surface area contributed by atoms with Crippen molar-refractivity contribution in [2.24, 2.45) is 0 Å². The molecule has 0 bridgehead atoms. The monoisotopic (exact) mass is 141 g/mol. The van der Waals surface area contributed by atoms with Crippen LogP contribution in [-0.4, -0.2) is 18.4 Å². The van der Waals surface area contributed by atoms with E-state index in [1.807, 2.05) is 0 Å². The first-order valence-corrected chi connectivity index (χ1v) is 4.24. The molecule has 2 fully saturated rings. The minimum absolute atomic E-state index is 0.123. The SMILES string of the molecule is CC1CCNC2(CCC2)O1. The fourth-order valence-electron chi connectivity index (χ4n) is 1.78. The van der Waals surface area contributed by atoms with Gasteiger partial charge in [0.15, 0.2) is 0 Å². The van der Waals surface area contributed by atoms with Crippen molar-refractivity contribution in [1.29, 1.82) is 0 Å². The van der Waals surface area contributed by atoms with Gasteiger partial charge in [-0.05, 0) is 32.6 Å². The van der Waals surface area contributed by atoms with Crippen molar-refractivity contribution < 1.29 is 4.74 Å². The van der Waals surface area contributed by atoms with E-state index < -0.39 is 0 Å². The fraction of sp³-hybridized carbons (Fsp3) is 1.00. The maximum atomic E-state index is 5.80. The van der Waals surface area contributed by atoms with Gasteiger partial charge in [0.25, 0.3) is 0 Å². The van der Waals surface area contributed by atoms with Crippen LogP contribution in [0.15, 0.2) is 0 Å². The molecule has 1 saturated carbocycles. The Morgan fingerprint density at radius 1 is 1.50 bits per heavy atom. The lowest BCUT2D eigenvalue weighted by Gasteiger charge is -2.47. The van der Waals surface area contributed by atoms with E-state index in [0.717, 1.165) is 6.54 Å². The first kappa shape index (κ1) is 6.62. The molecule has 2 heteroatoms. The van der Waals surface area contributed by atoms with Crippen molar-refractivity contribution in [3.8, 4) is 0 Å². The van der Waals surface area contributed by atoms with Crippen molar-refractivity contribution in [2.45, 2.75) is 44.4 Å². The molecule has 0 radical (unpaired) electrons. The largest absolute Gasteiger partial charge is 0.358 e. The van der Waals surface area contributed by atoms with Crippen LogP contribution in [0.4, 0.5) is 0 Å². The molecule has 2 aliphatic rings. The molecule has 1 aliphatic carbocycles. The minimum Gasteiger partial charge on any atom is -0.358 e. The Kier molecular flexibility index (Phi) is 1.46. The summed E-state index contributed by atoms with van der Waals surface area (Å²) in [7, 11) is 0. The summed E-state index contributed by atoms with van der Waals surface area (Å²) >= 11 is 0. The summed E-state index contributed by atoms with van der Waals surface area (Å²) < 4.78 is 5.80. The molecule has 2 rings (SSSR count). The third kappa shape index (κ3) is 0.956. The minimum atomic E-state index is 0.123. The quantitative estimate of drug-likeness (QED) is 0.548. The highest BCUT2D eigenvalue weighted by molar-refractivity contribution is 4.90. The summed E-state index contributed by atoms with van der Waals surface area (Å²) in [5.74, 6) is 0. The van der Waals surface area contributed by atoms with E-state index in [1.165, 1.54) is 25.7 Å². The predicted molar refractivity (Wildman–Crippen MR) is 39.7 cm³/mol. The number of hydrogen-bond donors (Lipinski definition) is 1. The van der Waals surface area contributed by atoms with Crippen molar-refractivity contribution in [3.05, 3.63) is 0 Å².